The summed E-state index contributed by atoms with van der Waals surface area (Å²) in [5.74, 6) is -0.428. The van der Waals surface area contributed by atoms with Crippen LogP contribution < -0.4 is 10.4 Å². The number of methoxy groups -OCH3 is 4. The molecule has 0 N–H and O–H groups in total. The van der Waals surface area contributed by atoms with E-state index in [4.69, 9.17) is 13.9 Å². The van der Waals surface area contributed by atoms with Gasteiger partial charge in [-0.25, -0.2) is 0 Å². The summed E-state index contributed by atoms with van der Waals surface area (Å²) in [7, 11) is 3.69. The summed E-state index contributed by atoms with van der Waals surface area (Å²) in [6.45, 7) is 59.9. The monoisotopic (exact) mass is 1100 g/mol. The minimum atomic E-state index is -2.42. The number of esters is 2. The van der Waals surface area contributed by atoms with Gasteiger partial charge >= 0.3 is 11.9 Å². The fraction of sp³-hybridized carbons (Fsp3) is 0.559. The number of carbonyl (C=O) groups excluding carboxylic acids is 2. The lowest BCUT2D eigenvalue weighted by atomic mass is 9.86. The molecule has 0 bridgehead atoms. The Morgan fingerprint density at radius 3 is 1.16 bits per heavy atom. The SMILES string of the molecule is C.C.C.C.C.C.C.C=C.C=CC.C=CCC(=O)OC.C=CCC(C)(C)C(=O)OC.C=CCC(C)(C)C1CO1.C=CCC(C)(C)COC.C=CCC(C)(C)CO[Si](c1ccccc1)(c1ccccc1)C(C)(C)C.C=CCOC. The molecule has 1 saturated heterocycles. The molecule has 0 aromatic heterocycles. The first kappa shape index (κ1) is 101. The average molecular weight is 1100 g/mol. The van der Waals surface area contributed by atoms with Crippen LogP contribution in [-0.2, 0) is 37.7 Å². The average Bonchev–Trinajstić information content (AvgIpc) is 4.16. The van der Waals surface area contributed by atoms with Gasteiger partial charge in [-0.15, -0.1) is 59.2 Å². The predicted molar refractivity (Wildman–Crippen MR) is 355 cm³/mol. The second-order valence-corrected chi connectivity index (χ2v) is 24.4. The van der Waals surface area contributed by atoms with Crippen molar-refractivity contribution < 1.29 is 37.7 Å². The summed E-state index contributed by atoms with van der Waals surface area (Å²) in [5.41, 5.74) is 0.240. The molecular formula is C68H130O8Si. The van der Waals surface area contributed by atoms with Crippen molar-refractivity contribution in [1.29, 1.82) is 0 Å². The Kier molecular flexibility index (Phi) is 75.6. The van der Waals surface area contributed by atoms with Crippen LogP contribution in [0.1, 0.15) is 167 Å². The molecule has 1 heterocycles. The van der Waals surface area contributed by atoms with E-state index in [2.05, 4.69) is 196 Å². The predicted octanol–water partition coefficient (Wildman–Crippen LogP) is 19.2. The van der Waals surface area contributed by atoms with E-state index in [1.54, 1.807) is 32.4 Å². The summed E-state index contributed by atoms with van der Waals surface area (Å²) in [6, 6.07) is 21.6. The number of allylic oxidation sites excluding steroid dienone is 5. The third-order valence-corrected chi connectivity index (χ3v) is 15.1. The summed E-state index contributed by atoms with van der Waals surface area (Å²) in [5, 5.41) is 2.70. The molecule has 9 heteroatoms. The molecule has 1 fully saturated rings. The van der Waals surface area contributed by atoms with Crippen LogP contribution in [0.5, 0.6) is 0 Å². The van der Waals surface area contributed by atoms with Crippen molar-refractivity contribution in [2.75, 3.05) is 54.9 Å². The minimum absolute atomic E-state index is 0. The van der Waals surface area contributed by atoms with Crippen molar-refractivity contribution >= 4 is 30.6 Å². The fourth-order valence-electron chi connectivity index (χ4n) is 6.40. The van der Waals surface area contributed by atoms with Gasteiger partial charge in [-0.1, -0.05) is 217 Å². The number of hydrogen-bond donors (Lipinski definition) is 0. The van der Waals surface area contributed by atoms with Gasteiger partial charge in [-0.3, -0.25) is 9.59 Å². The van der Waals surface area contributed by atoms with E-state index in [0.29, 0.717) is 31.0 Å². The zero-order chi connectivity index (χ0) is 55.5. The van der Waals surface area contributed by atoms with Gasteiger partial charge < -0.3 is 28.1 Å². The molecule has 1 aliphatic heterocycles. The third kappa shape index (κ3) is 49.4. The van der Waals surface area contributed by atoms with Gasteiger partial charge in [0.25, 0.3) is 8.32 Å². The van der Waals surface area contributed by atoms with Gasteiger partial charge in [0.1, 0.15) is 0 Å². The number of carbonyl (C=O) groups is 2. The zero-order valence-corrected chi connectivity index (χ0v) is 48.4. The van der Waals surface area contributed by atoms with E-state index < -0.39 is 13.7 Å². The summed E-state index contributed by atoms with van der Waals surface area (Å²) in [6.07, 6.45) is 17.0. The first-order valence-corrected chi connectivity index (χ1v) is 25.8. The number of hydrogen-bond acceptors (Lipinski definition) is 8. The van der Waals surface area contributed by atoms with Crippen LogP contribution in [0.4, 0.5) is 0 Å². The molecule has 0 spiro atoms. The maximum absolute atomic E-state index is 11.0. The molecule has 8 nitrogen and oxygen atoms in total. The van der Waals surface area contributed by atoms with Crippen molar-refractivity contribution in [1.82, 2.24) is 0 Å². The number of ether oxygens (including phenoxy) is 5. The summed E-state index contributed by atoms with van der Waals surface area (Å²) >= 11 is 0. The van der Waals surface area contributed by atoms with Gasteiger partial charge in [-0.2, -0.15) is 0 Å². The van der Waals surface area contributed by atoms with Crippen LogP contribution in [0.15, 0.2) is 162 Å². The lowest BCUT2D eigenvalue weighted by molar-refractivity contribution is -0.150. The van der Waals surface area contributed by atoms with Crippen molar-refractivity contribution in [2.45, 2.75) is 178 Å². The van der Waals surface area contributed by atoms with Crippen molar-refractivity contribution in [3.63, 3.8) is 0 Å². The molecule has 0 radical (unpaired) electrons. The normalized spacial score (nSPS) is 11.3. The van der Waals surface area contributed by atoms with E-state index in [1.165, 1.54) is 30.7 Å². The largest absolute Gasteiger partial charge is 0.469 e. The van der Waals surface area contributed by atoms with Gasteiger partial charge in [0.05, 0.1) is 52.0 Å². The highest BCUT2D eigenvalue weighted by molar-refractivity contribution is 6.99. The Balaban J connectivity index is -0.0000000693. The Morgan fingerprint density at radius 1 is 0.558 bits per heavy atom. The van der Waals surface area contributed by atoms with Crippen LogP contribution in [0.3, 0.4) is 0 Å². The molecule has 3 rings (SSSR count). The highest BCUT2D eigenvalue weighted by atomic mass is 28.4. The molecule has 2 aromatic carbocycles. The molecule has 1 atom stereocenters. The van der Waals surface area contributed by atoms with Crippen LogP contribution in [0.25, 0.3) is 0 Å². The van der Waals surface area contributed by atoms with E-state index in [1.807, 2.05) is 39.0 Å². The maximum atomic E-state index is 11.0. The second kappa shape index (κ2) is 57.5. The van der Waals surface area contributed by atoms with Crippen molar-refractivity contribution in [3.8, 4) is 0 Å². The van der Waals surface area contributed by atoms with E-state index >= 15 is 0 Å². The summed E-state index contributed by atoms with van der Waals surface area (Å²) in [4.78, 5) is 21.1. The molecule has 0 saturated carbocycles. The lowest BCUT2D eigenvalue weighted by Gasteiger charge is -2.44. The van der Waals surface area contributed by atoms with E-state index in [0.717, 1.165) is 39.1 Å². The molecule has 1 unspecified atom stereocenters. The Hall–Kier alpha value is -4.64. The minimum Gasteiger partial charge on any atom is -0.469 e. The van der Waals surface area contributed by atoms with Crippen LogP contribution in [-0.4, -0.2) is 81.2 Å². The molecule has 454 valence electrons. The molecule has 0 aliphatic carbocycles. The standard InChI is InChI=1S/C23H32OSi.C8H14O2.C8H14O.C8H16O.C5H8O2.C4H8O.C3H6.C2H4.7CH4/c1-7-18-23(5,6)19-24-25(22(2,3)4,20-14-10-8-11-15-20)21-16-12-9-13-17-21;1-5-6-8(2,3)7(9)10-4;1-4-5-8(2,3)7-6-9-7;1-5-6-8(2,3)7-9-4;1-3-4-5(6)7-2;1-3-4-5-2;1-3-2;1-2;;;;;;;/h7-17H,1,18-19H2,2-6H3;5H,1,6H2,2-4H3;4,7H,1,5-6H2,2-3H3;5H,1,6-7H2,2-4H3;3H,1,4H2,2H3;3H,1,4H2,2H3;3H,1H2,2H3;1-2H2;7*1H4. The van der Waals surface area contributed by atoms with E-state index in [9.17, 15) is 9.59 Å². The topological polar surface area (TPSA) is 92.8 Å². The van der Waals surface area contributed by atoms with E-state index in [-0.39, 0.29) is 79.8 Å². The van der Waals surface area contributed by atoms with Crippen LogP contribution in [0.2, 0.25) is 5.04 Å². The Morgan fingerprint density at radius 2 is 0.922 bits per heavy atom. The first-order chi connectivity index (χ1) is 32.7. The summed E-state index contributed by atoms with van der Waals surface area (Å²) < 4.78 is 30.6. The highest BCUT2D eigenvalue weighted by Gasteiger charge is 2.50. The lowest BCUT2D eigenvalue weighted by Crippen LogP contribution is -2.67. The Labute approximate surface area is 483 Å². The van der Waals surface area contributed by atoms with Gasteiger partial charge in [0.15, 0.2) is 0 Å². The second-order valence-electron chi connectivity index (χ2n) is 20.1. The number of benzene rings is 2. The molecular weight excluding hydrogens is 973 g/mol. The van der Waals surface area contributed by atoms with Crippen LogP contribution >= 0.6 is 0 Å². The maximum Gasteiger partial charge on any atom is 0.311 e. The van der Waals surface area contributed by atoms with Gasteiger partial charge in [0, 0.05) is 20.8 Å². The number of epoxide rings is 1. The molecule has 77 heavy (non-hydrogen) atoms. The quantitative estimate of drug-likeness (QED) is 0.0528. The van der Waals surface area contributed by atoms with Crippen molar-refractivity contribution in [3.05, 3.63) is 162 Å². The molecule has 1 aliphatic rings. The van der Waals surface area contributed by atoms with Gasteiger partial charge in [-0.05, 0) is 78.1 Å². The first-order valence-electron chi connectivity index (χ1n) is 23.9. The fourth-order valence-corrected chi connectivity index (χ4v) is 11.2. The molecule has 2 aromatic rings. The van der Waals surface area contributed by atoms with Crippen LogP contribution in [0, 0.1) is 21.7 Å². The number of rotatable bonds is 21. The van der Waals surface area contributed by atoms with Crippen molar-refractivity contribution in [2.24, 2.45) is 21.7 Å². The highest BCUT2D eigenvalue weighted by Crippen LogP contribution is 2.38. The molecule has 0 amide bonds. The third-order valence-electron chi connectivity index (χ3n) is 10.1. The van der Waals surface area contributed by atoms with Gasteiger partial charge in [0.2, 0.25) is 0 Å². The Bertz CT molecular complexity index is 1640. The zero-order valence-electron chi connectivity index (χ0n) is 47.4. The smallest absolute Gasteiger partial charge is 0.311 e.